The average Bonchev–Trinajstić information content (AvgIpc) is 3.20. The lowest BCUT2D eigenvalue weighted by Crippen LogP contribution is -2.51. The van der Waals surface area contributed by atoms with Gasteiger partial charge in [-0.1, -0.05) is 51.1 Å². The van der Waals surface area contributed by atoms with Crippen LogP contribution in [-0.2, 0) is 16.0 Å². The summed E-state index contributed by atoms with van der Waals surface area (Å²) >= 11 is 1.50. The number of piperidine rings is 1. The second-order valence-electron chi connectivity index (χ2n) is 16.1. The summed E-state index contributed by atoms with van der Waals surface area (Å²) in [5.41, 5.74) is 3.40. The number of hydrogen-bond acceptors (Lipinski definition) is 6. The molecule has 0 aromatic heterocycles. The van der Waals surface area contributed by atoms with Crippen LogP contribution in [0.4, 0.5) is 20.6 Å². The molecule has 0 radical (unpaired) electrons. The number of nitrogens with zero attached hydrogens (tertiary/aromatic N) is 5. The minimum Gasteiger partial charge on any atom is -0.366 e. The minimum atomic E-state index is -0.979. The first kappa shape index (κ1) is 36.5. The van der Waals surface area contributed by atoms with E-state index in [1.807, 2.05) is 45.9 Å². The summed E-state index contributed by atoms with van der Waals surface area (Å²) in [6.45, 7) is 18.2. The number of para-hydroxylation sites is 2. The first-order valence-corrected chi connectivity index (χ1v) is 19.3. The Morgan fingerprint density at radius 1 is 0.980 bits per heavy atom. The molecule has 1 N–H and O–H groups in total. The molecule has 3 fully saturated rings. The van der Waals surface area contributed by atoms with E-state index >= 15 is 4.39 Å². The lowest BCUT2D eigenvalue weighted by atomic mass is 9.91. The third kappa shape index (κ3) is 7.78. The lowest BCUT2D eigenvalue weighted by Gasteiger charge is -2.40. The van der Waals surface area contributed by atoms with Gasteiger partial charge in [-0.15, -0.1) is 11.8 Å². The average molecular weight is 707 g/mol. The summed E-state index contributed by atoms with van der Waals surface area (Å²) in [7, 11) is 0. The van der Waals surface area contributed by atoms with Gasteiger partial charge in [-0.2, -0.15) is 0 Å². The number of benzene rings is 2. The van der Waals surface area contributed by atoms with Gasteiger partial charge in [0.2, 0.25) is 11.8 Å². The first-order valence-electron chi connectivity index (χ1n) is 18.4. The molecule has 4 aliphatic heterocycles. The molecule has 2 aromatic carbocycles. The van der Waals surface area contributed by atoms with Crippen molar-refractivity contribution in [3.8, 4) is 0 Å². The van der Waals surface area contributed by atoms with Gasteiger partial charge in [-0.3, -0.25) is 14.5 Å². The summed E-state index contributed by atoms with van der Waals surface area (Å²) in [5.74, 6) is -0.361. The van der Waals surface area contributed by atoms with Crippen LogP contribution in [0.15, 0.2) is 42.5 Å². The Bertz CT molecular complexity index is 1570. The van der Waals surface area contributed by atoms with Crippen molar-refractivity contribution in [3.05, 3.63) is 59.4 Å². The molecule has 0 unspecified atom stereocenters. The summed E-state index contributed by atoms with van der Waals surface area (Å²) in [6.07, 6.45) is 3.07. The number of thioether (sulfide) groups is 1. The number of carbonyl (C=O) groups excluding carboxylic acids is 3. The van der Waals surface area contributed by atoms with E-state index in [1.165, 1.54) is 17.8 Å². The van der Waals surface area contributed by atoms with E-state index in [0.717, 1.165) is 55.8 Å². The SMILES string of the molecule is CC(C)N1CCN(c2c(F)cccc2[C@H]2S[C@](C)(CC(=O)N3CCC(N4CCc5ccccc5NC4=O)CC3)C(=O)N2CCC(C)(C)C)CC1. The molecule has 0 spiro atoms. The van der Waals surface area contributed by atoms with Gasteiger partial charge in [-0.25, -0.2) is 9.18 Å². The zero-order valence-electron chi connectivity index (χ0n) is 30.7. The highest BCUT2D eigenvalue weighted by Gasteiger charge is 2.52. The molecule has 0 saturated carbocycles. The summed E-state index contributed by atoms with van der Waals surface area (Å²) in [6, 6.07) is 13.6. The van der Waals surface area contributed by atoms with E-state index in [0.29, 0.717) is 50.7 Å². The second kappa shape index (κ2) is 14.7. The van der Waals surface area contributed by atoms with Gasteiger partial charge in [0.1, 0.15) is 15.9 Å². The van der Waals surface area contributed by atoms with Crippen LogP contribution in [0.5, 0.6) is 0 Å². The van der Waals surface area contributed by atoms with Crippen molar-refractivity contribution in [2.75, 3.05) is 62.6 Å². The molecule has 50 heavy (non-hydrogen) atoms. The van der Waals surface area contributed by atoms with Crippen LogP contribution in [0.1, 0.15) is 83.7 Å². The maximum absolute atomic E-state index is 15.8. The van der Waals surface area contributed by atoms with E-state index in [9.17, 15) is 14.4 Å². The second-order valence-corrected chi connectivity index (χ2v) is 17.7. The van der Waals surface area contributed by atoms with E-state index < -0.39 is 10.1 Å². The third-order valence-electron chi connectivity index (χ3n) is 11.0. The van der Waals surface area contributed by atoms with Crippen molar-refractivity contribution in [1.29, 1.82) is 0 Å². The molecule has 4 heterocycles. The number of hydrogen-bond donors (Lipinski definition) is 1. The standard InChI is InChI=1S/C39H55FN6O3S/c1-27(2)42-22-24-44(25-23-42)34-30(11-9-12-31(34)40)35-46(21-17-38(3,4)5)36(48)39(6,50-35)26-33(47)43-18-15-29(16-19-43)45-20-14-28-10-7-8-13-32(28)41-37(45)49/h7-13,27,29,35H,14-26H2,1-6H3,(H,41,49)/t35-,39-/m1/s1. The van der Waals surface area contributed by atoms with Crippen LogP contribution in [0.25, 0.3) is 0 Å². The Labute approximate surface area is 301 Å². The molecule has 9 nitrogen and oxygen atoms in total. The Balaban J connectivity index is 1.16. The quantitative estimate of drug-likeness (QED) is 0.334. The number of nitrogens with one attached hydrogen (secondary N) is 1. The Morgan fingerprint density at radius 3 is 2.36 bits per heavy atom. The molecule has 0 aliphatic carbocycles. The van der Waals surface area contributed by atoms with E-state index in [2.05, 4.69) is 55.8 Å². The topological polar surface area (TPSA) is 79.4 Å². The van der Waals surface area contributed by atoms with Crippen molar-refractivity contribution >= 4 is 41.0 Å². The van der Waals surface area contributed by atoms with Crippen molar-refractivity contribution < 1.29 is 18.8 Å². The molecule has 3 saturated heterocycles. The Hall–Kier alpha value is -3.31. The Kier molecular flexibility index (Phi) is 10.8. The van der Waals surface area contributed by atoms with Gasteiger partial charge in [-0.05, 0) is 69.6 Å². The fraction of sp³-hybridized carbons (Fsp3) is 0.615. The van der Waals surface area contributed by atoms with Crippen molar-refractivity contribution in [3.63, 3.8) is 0 Å². The molecular formula is C39H55FN6O3S. The van der Waals surface area contributed by atoms with Gasteiger partial charge >= 0.3 is 6.03 Å². The number of likely N-dealkylation sites (tertiary alicyclic amines) is 1. The number of fused-ring (bicyclic) bond motifs is 1. The van der Waals surface area contributed by atoms with Crippen LogP contribution < -0.4 is 10.2 Å². The molecule has 4 amide bonds. The smallest absolute Gasteiger partial charge is 0.322 e. The van der Waals surface area contributed by atoms with Crippen LogP contribution in [0.2, 0.25) is 0 Å². The summed E-state index contributed by atoms with van der Waals surface area (Å²) in [5, 5.41) is 2.68. The number of amides is 4. The zero-order chi connectivity index (χ0) is 35.8. The molecule has 6 rings (SSSR count). The molecular weight excluding hydrogens is 652 g/mol. The van der Waals surface area contributed by atoms with Crippen LogP contribution >= 0.6 is 11.8 Å². The lowest BCUT2D eigenvalue weighted by molar-refractivity contribution is -0.139. The molecule has 2 atom stereocenters. The molecule has 11 heteroatoms. The molecule has 2 aromatic rings. The third-order valence-corrected chi connectivity index (χ3v) is 12.6. The summed E-state index contributed by atoms with van der Waals surface area (Å²) < 4.78 is 14.8. The van der Waals surface area contributed by atoms with Crippen molar-refractivity contribution in [1.82, 2.24) is 19.6 Å². The van der Waals surface area contributed by atoms with Crippen molar-refractivity contribution in [2.45, 2.75) is 95.9 Å². The van der Waals surface area contributed by atoms with Gasteiger partial charge in [0.25, 0.3) is 0 Å². The maximum Gasteiger partial charge on any atom is 0.322 e. The molecule has 272 valence electrons. The highest BCUT2D eigenvalue weighted by molar-refractivity contribution is 8.02. The van der Waals surface area contributed by atoms with Crippen LogP contribution in [0.3, 0.4) is 0 Å². The van der Waals surface area contributed by atoms with E-state index in [-0.39, 0.29) is 41.5 Å². The minimum absolute atomic E-state index is 0.000341. The number of carbonyl (C=O) groups is 3. The predicted molar refractivity (Wildman–Crippen MR) is 200 cm³/mol. The number of halogens is 1. The number of urea groups is 1. The number of rotatable bonds is 8. The van der Waals surface area contributed by atoms with Crippen LogP contribution in [-0.4, -0.2) is 107 Å². The fourth-order valence-electron chi connectivity index (χ4n) is 7.89. The summed E-state index contributed by atoms with van der Waals surface area (Å²) in [4.78, 5) is 51.8. The normalized spacial score (nSPS) is 24.1. The maximum atomic E-state index is 15.8. The predicted octanol–water partition coefficient (Wildman–Crippen LogP) is 6.60. The van der Waals surface area contributed by atoms with E-state index in [1.54, 1.807) is 6.07 Å². The van der Waals surface area contributed by atoms with Gasteiger partial charge in [0.05, 0.1) is 12.1 Å². The molecule has 0 bridgehead atoms. The first-order chi connectivity index (χ1) is 23.7. The van der Waals surface area contributed by atoms with E-state index in [4.69, 9.17) is 0 Å². The number of piperazine rings is 1. The highest BCUT2D eigenvalue weighted by Crippen LogP contribution is 2.53. The largest absolute Gasteiger partial charge is 0.366 e. The fourth-order valence-corrected chi connectivity index (χ4v) is 9.45. The highest BCUT2D eigenvalue weighted by atomic mass is 32.2. The van der Waals surface area contributed by atoms with Gasteiger partial charge in [0, 0.05) is 75.7 Å². The number of anilines is 2. The monoisotopic (exact) mass is 706 g/mol. The molecule has 4 aliphatic rings. The zero-order valence-corrected chi connectivity index (χ0v) is 31.5. The van der Waals surface area contributed by atoms with Gasteiger partial charge in [0.15, 0.2) is 0 Å². The van der Waals surface area contributed by atoms with Gasteiger partial charge < -0.3 is 24.9 Å². The van der Waals surface area contributed by atoms with Crippen LogP contribution in [0, 0.1) is 11.2 Å². The van der Waals surface area contributed by atoms with Crippen molar-refractivity contribution in [2.24, 2.45) is 5.41 Å². The Morgan fingerprint density at radius 2 is 1.68 bits per heavy atom.